The Morgan fingerprint density at radius 2 is 2.13 bits per heavy atom. The van der Waals surface area contributed by atoms with Gasteiger partial charge in [0.15, 0.2) is 0 Å². The van der Waals surface area contributed by atoms with E-state index in [1.54, 1.807) is 0 Å². The second-order valence-electron chi connectivity index (χ2n) is 5.36. The molecule has 2 rings (SSSR count). The molecule has 0 spiro atoms. The van der Waals surface area contributed by atoms with Gasteiger partial charge in [0.1, 0.15) is 5.70 Å². The van der Waals surface area contributed by atoms with Gasteiger partial charge in [-0.25, -0.2) is 4.79 Å². The summed E-state index contributed by atoms with van der Waals surface area (Å²) in [5, 5.41) is 12.1. The van der Waals surface area contributed by atoms with Crippen LogP contribution in [0.3, 0.4) is 0 Å². The minimum atomic E-state index is -0.554. The number of esters is 1. The molecular weight excluding hydrogens is 364 g/mol. The van der Waals surface area contributed by atoms with E-state index < -0.39 is 5.97 Å². The number of β-amino-alcohol motifs (C(OH)–C–C–N with tert-alkyl or cyclic N) is 1. The third kappa shape index (κ3) is 3.56. The van der Waals surface area contributed by atoms with Gasteiger partial charge in [-0.15, -0.1) is 0 Å². The van der Waals surface area contributed by atoms with E-state index >= 15 is 0 Å². The number of ether oxygens (including phenoxy) is 1. The Morgan fingerprint density at radius 3 is 2.70 bits per heavy atom. The fourth-order valence-corrected chi connectivity index (χ4v) is 3.32. The van der Waals surface area contributed by atoms with E-state index in [0.29, 0.717) is 0 Å². The summed E-state index contributed by atoms with van der Waals surface area (Å²) < 4.78 is 5.57. The molecule has 0 saturated carbocycles. The van der Waals surface area contributed by atoms with Crippen LogP contribution in [0.5, 0.6) is 0 Å². The molecular formula is C16H19BrN2O4. The SMILES string of the molecule is COC(=O)C1=C(Nc2c(C)cc(C)cc2Br)C(=O)N(CCO)C1. The molecule has 1 aliphatic heterocycles. The highest BCUT2D eigenvalue weighted by molar-refractivity contribution is 9.10. The number of nitrogens with one attached hydrogen (secondary N) is 1. The number of methoxy groups -OCH3 is 1. The number of halogens is 1. The number of aliphatic hydroxyl groups is 1. The summed E-state index contributed by atoms with van der Waals surface area (Å²) >= 11 is 3.48. The summed E-state index contributed by atoms with van der Waals surface area (Å²) in [6.45, 7) is 4.02. The predicted molar refractivity (Wildman–Crippen MR) is 89.9 cm³/mol. The molecule has 0 aromatic heterocycles. The number of hydrogen-bond donors (Lipinski definition) is 2. The van der Waals surface area contributed by atoms with Crippen LogP contribution < -0.4 is 5.32 Å². The third-order valence-electron chi connectivity index (χ3n) is 3.64. The largest absolute Gasteiger partial charge is 0.466 e. The molecule has 0 aliphatic carbocycles. The predicted octanol–water partition coefficient (Wildman–Crippen LogP) is 1.74. The van der Waals surface area contributed by atoms with Crippen molar-refractivity contribution in [2.75, 3.05) is 32.1 Å². The molecule has 0 unspecified atom stereocenters. The number of aryl methyl sites for hydroxylation is 2. The zero-order valence-electron chi connectivity index (χ0n) is 13.3. The lowest BCUT2D eigenvalue weighted by molar-refractivity contribution is -0.136. The molecule has 1 aromatic rings. The van der Waals surface area contributed by atoms with Crippen LogP contribution in [0.15, 0.2) is 27.9 Å². The maximum atomic E-state index is 12.5. The highest BCUT2D eigenvalue weighted by Crippen LogP contribution is 2.31. The molecule has 6 nitrogen and oxygen atoms in total. The lowest BCUT2D eigenvalue weighted by Gasteiger charge is -2.16. The van der Waals surface area contributed by atoms with E-state index in [2.05, 4.69) is 21.2 Å². The van der Waals surface area contributed by atoms with Crippen LogP contribution in [0.2, 0.25) is 0 Å². The van der Waals surface area contributed by atoms with E-state index in [1.165, 1.54) is 12.0 Å². The van der Waals surface area contributed by atoms with Crippen LogP contribution in [0.4, 0.5) is 5.69 Å². The topological polar surface area (TPSA) is 78.9 Å². The molecule has 0 radical (unpaired) electrons. The third-order valence-corrected chi connectivity index (χ3v) is 4.26. The quantitative estimate of drug-likeness (QED) is 0.758. The summed E-state index contributed by atoms with van der Waals surface area (Å²) in [6.07, 6.45) is 0. The normalized spacial score (nSPS) is 14.5. The number of aliphatic hydroxyl groups excluding tert-OH is 1. The maximum Gasteiger partial charge on any atom is 0.337 e. The van der Waals surface area contributed by atoms with E-state index in [-0.39, 0.29) is 36.9 Å². The summed E-state index contributed by atoms with van der Waals surface area (Å²) in [4.78, 5) is 25.9. The van der Waals surface area contributed by atoms with Crippen molar-refractivity contribution < 1.29 is 19.4 Å². The van der Waals surface area contributed by atoms with Crippen molar-refractivity contribution in [1.82, 2.24) is 4.90 Å². The van der Waals surface area contributed by atoms with Crippen molar-refractivity contribution >= 4 is 33.5 Å². The summed E-state index contributed by atoms with van der Waals surface area (Å²) in [7, 11) is 1.28. The molecule has 1 amide bonds. The Bertz CT molecular complexity index is 662. The lowest BCUT2D eigenvalue weighted by Crippen LogP contribution is -2.31. The minimum absolute atomic E-state index is 0.122. The van der Waals surface area contributed by atoms with Gasteiger partial charge in [0.05, 0.1) is 31.5 Å². The van der Waals surface area contributed by atoms with Crippen molar-refractivity contribution in [2.24, 2.45) is 0 Å². The molecule has 7 heteroatoms. The summed E-state index contributed by atoms with van der Waals surface area (Å²) in [6, 6.07) is 3.91. The van der Waals surface area contributed by atoms with Gasteiger partial charge < -0.3 is 20.1 Å². The number of benzene rings is 1. The first kappa shape index (κ1) is 17.5. The van der Waals surface area contributed by atoms with Gasteiger partial charge in [-0.3, -0.25) is 4.79 Å². The molecule has 124 valence electrons. The average Bonchev–Trinajstić information content (AvgIpc) is 2.79. The smallest absolute Gasteiger partial charge is 0.337 e. The Morgan fingerprint density at radius 1 is 1.43 bits per heavy atom. The minimum Gasteiger partial charge on any atom is -0.466 e. The van der Waals surface area contributed by atoms with Gasteiger partial charge in [0, 0.05) is 11.0 Å². The van der Waals surface area contributed by atoms with Crippen molar-refractivity contribution in [3.8, 4) is 0 Å². The van der Waals surface area contributed by atoms with Crippen molar-refractivity contribution in [3.63, 3.8) is 0 Å². The van der Waals surface area contributed by atoms with Gasteiger partial charge >= 0.3 is 5.97 Å². The highest BCUT2D eigenvalue weighted by atomic mass is 79.9. The second-order valence-corrected chi connectivity index (χ2v) is 6.21. The molecule has 2 N–H and O–H groups in total. The lowest BCUT2D eigenvalue weighted by atomic mass is 10.1. The van der Waals surface area contributed by atoms with E-state index in [1.807, 2.05) is 26.0 Å². The maximum absolute atomic E-state index is 12.5. The van der Waals surface area contributed by atoms with Crippen molar-refractivity contribution in [1.29, 1.82) is 0 Å². The molecule has 0 atom stereocenters. The number of anilines is 1. The van der Waals surface area contributed by atoms with Crippen LogP contribution in [0.1, 0.15) is 11.1 Å². The molecule has 1 aliphatic rings. The van der Waals surface area contributed by atoms with Crippen LogP contribution in [-0.2, 0) is 14.3 Å². The molecule has 0 bridgehead atoms. The Hall–Kier alpha value is -1.86. The zero-order chi connectivity index (χ0) is 17.1. The summed E-state index contributed by atoms with van der Waals surface area (Å²) in [5.74, 6) is -0.881. The van der Waals surface area contributed by atoms with E-state index in [4.69, 9.17) is 9.84 Å². The first-order valence-corrected chi connectivity index (χ1v) is 7.93. The molecule has 23 heavy (non-hydrogen) atoms. The fraction of sp³-hybridized carbons (Fsp3) is 0.375. The van der Waals surface area contributed by atoms with E-state index in [9.17, 15) is 9.59 Å². The van der Waals surface area contributed by atoms with Gasteiger partial charge in [-0.05, 0) is 47.0 Å². The number of nitrogens with zero attached hydrogens (tertiary/aromatic N) is 1. The molecule has 1 heterocycles. The molecule has 0 saturated heterocycles. The first-order valence-electron chi connectivity index (χ1n) is 7.14. The second kappa shape index (κ2) is 7.14. The van der Waals surface area contributed by atoms with Crippen LogP contribution in [-0.4, -0.2) is 48.7 Å². The van der Waals surface area contributed by atoms with Gasteiger partial charge in [-0.2, -0.15) is 0 Å². The fourth-order valence-electron chi connectivity index (χ4n) is 2.55. The Kier molecular flexibility index (Phi) is 5.43. The monoisotopic (exact) mass is 382 g/mol. The standard InChI is InChI=1S/C16H19BrN2O4/c1-9-6-10(2)13(12(17)7-9)18-14-11(16(22)23-3)8-19(4-5-20)15(14)21/h6-7,18,20H,4-5,8H2,1-3H3. The molecule has 0 fully saturated rings. The highest BCUT2D eigenvalue weighted by Gasteiger charge is 2.34. The Balaban J connectivity index is 2.41. The number of rotatable bonds is 5. The van der Waals surface area contributed by atoms with Crippen LogP contribution in [0, 0.1) is 13.8 Å². The number of hydrogen-bond acceptors (Lipinski definition) is 5. The Labute approximate surface area is 143 Å². The summed E-state index contributed by atoms with van der Waals surface area (Å²) in [5.41, 5.74) is 3.21. The van der Waals surface area contributed by atoms with Gasteiger partial charge in [0.2, 0.25) is 0 Å². The van der Waals surface area contributed by atoms with Gasteiger partial charge in [0.25, 0.3) is 5.91 Å². The number of carbonyl (C=O) groups excluding carboxylic acids is 2. The van der Waals surface area contributed by atoms with Crippen LogP contribution >= 0.6 is 15.9 Å². The number of carbonyl (C=O) groups is 2. The molecule has 1 aromatic carbocycles. The average molecular weight is 383 g/mol. The number of amides is 1. The van der Waals surface area contributed by atoms with Crippen molar-refractivity contribution in [2.45, 2.75) is 13.8 Å². The van der Waals surface area contributed by atoms with Crippen LogP contribution in [0.25, 0.3) is 0 Å². The first-order chi connectivity index (χ1) is 10.9. The van der Waals surface area contributed by atoms with Gasteiger partial charge in [-0.1, -0.05) is 6.07 Å². The zero-order valence-corrected chi connectivity index (χ0v) is 14.9. The van der Waals surface area contributed by atoms with E-state index in [0.717, 1.165) is 21.3 Å². The van der Waals surface area contributed by atoms with Crippen molar-refractivity contribution in [3.05, 3.63) is 39.0 Å².